The minimum Gasteiger partial charge on any atom is -0.387 e. The van der Waals surface area contributed by atoms with Gasteiger partial charge in [0.05, 0.1) is 32.5 Å². The fourth-order valence-electron chi connectivity index (χ4n) is 2.01. The van der Waals surface area contributed by atoms with Crippen molar-refractivity contribution in [3.05, 3.63) is 26.4 Å². The van der Waals surface area contributed by atoms with Crippen LogP contribution in [0.2, 0.25) is 0 Å². The number of hydrogen-bond acceptors (Lipinski definition) is 5. The van der Waals surface area contributed by atoms with Gasteiger partial charge >= 0.3 is 0 Å². The molecule has 5 nitrogen and oxygen atoms in total. The molecule has 0 fully saturated rings. The standard InChI is InChI=1S/C12H17BrN4OS/c1-6(2)11-12(19-16-14-11)9(18)5-8-10(13)7(3)15-17(8)4/h6,9,18H,5H2,1-4H3. The number of aromatic nitrogens is 4. The van der Waals surface area contributed by atoms with E-state index in [2.05, 4.69) is 44.5 Å². The molecule has 0 bridgehead atoms. The fraction of sp³-hybridized carbons (Fsp3) is 0.583. The molecule has 0 spiro atoms. The summed E-state index contributed by atoms with van der Waals surface area (Å²) in [5, 5.41) is 18.9. The van der Waals surface area contributed by atoms with Gasteiger partial charge < -0.3 is 5.11 Å². The second kappa shape index (κ2) is 5.68. The topological polar surface area (TPSA) is 63.8 Å². The quantitative estimate of drug-likeness (QED) is 0.926. The van der Waals surface area contributed by atoms with E-state index >= 15 is 0 Å². The maximum absolute atomic E-state index is 10.4. The van der Waals surface area contributed by atoms with E-state index in [9.17, 15) is 5.11 Å². The first-order valence-electron chi connectivity index (χ1n) is 6.10. The van der Waals surface area contributed by atoms with Crippen LogP contribution in [0.1, 0.15) is 47.8 Å². The lowest BCUT2D eigenvalue weighted by atomic mass is 10.0. The summed E-state index contributed by atoms with van der Waals surface area (Å²) in [6.45, 7) is 6.04. The highest BCUT2D eigenvalue weighted by Gasteiger charge is 2.22. The molecule has 0 saturated carbocycles. The highest BCUT2D eigenvalue weighted by atomic mass is 79.9. The van der Waals surface area contributed by atoms with Crippen molar-refractivity contribution < 1.29 is 5.11 Å². The molecule has 2 heterocycles. The van der Waals surface area contributed by atoms with Crippen molar-refractivity contribution in [2.24, 2.45) is 7.05 Å². The van der Waals surface area contributed by atoms with E-state index in [1.807, 2.05) is 14.0 Å². The molecule has 19 heavy (non-hydrogen) atoms. The molecule has 0 aromatic carbocycles. The van der Waals surface area contributed by atoms with Crippen molar-refractivity contribution in [1.29, 1.82) is 0 Å². The summed E-state index contributed by atoms with van der Waals surface area (Å²) in [5.41, 5.74) is 2.79. The van der Waals surface area contributed by atoms with Gasteiger partial charge in [-0.2, -0.15) is 5.10 Å². The molecule has 2 aromatic rings. The average Bonchev–Trinajstić information content (AvgIpc) is 2.90. The first-order valence-corrected chi connectivity index (χ1v) is 7.66. The van der Waals surface area contributed by atoms with Gasteiger partial charge in [0.15, 0.2) is 0 Å². The van der Waals surface area contributed by atoms with E-state index < -0.39 is 6.10 Å². The molecule has 0 aliphatic rings. The zero-order valence-corrected chi connectivity index (χ0v) is 13.8. The Balaban J connectivity index is 2.26. The fourth-order valence-corrected chi connectivity index (χ4v) is 3.30. The lowest BCUT2D eigenvalue weighted by Gasteiger charge is -2.12. The van der Waals surface area contributed by atoms with Crippen molar-refractivity contribution in [3.63, 3.8) is 0 Å². The van der Waals surface area contributed by atoms with Gasteiger partial charge in [-0.05, 0) is 40.3 Å². The van der Waals surface area contributed by atoms with Crippen molar-refractivity contribution in [1.82, 2.24) is 19.4 Å². The molecule has 0 aliphatic heterocycles. The smallest absolute Gasteiger partial charge is 0.0972 e. The predicted octanol–water partition coefficient (Wildman–Crippen LogP) is 2.74. The number of rotatable bonds is 4. The molecule has 104 valence electrons. The molecule has 2 rings (SSSR count). The molecule has 2 aromatic heterocycles. The Morgan fingerprint density at radius 2 is 2.11 bits per heavy atom. The van der Waals surface area contributed by atoms with Crippen molar-refractivity contribution in [3.8, 4) is 0 Å². The molecule has 0 radical (unpaired) electrons. The van der Waals surface area contributed by atoms with Gasteiger partial charge in [0.25, 0.3) is 0 Å². The number of aliphatic hydroxyl groups excluding tert-OH is 1. The average molecular weight is 345 g/mol. The van der Waals surface area contributed by atoms with E-state index in [1.54, 1.807) is 4.68 Å². The number of aliphatic hydroxyl groups is 1. The van der Waals surface area contributed by atoms with Crippen molar-refractivity contribution in [2.75, 3.05) is 0 Å². The van der Waals surface area contributed by atoms with Crippen LogP contribution in [0.3, 0.4) is 0 Å². The first-order chi connectivity index (χ1) is 8.91. The maximum Gasteiger partial charge on any atom is 0.0972 e. The molecule has 1 atom stereocenters. The second-order valence-corrected chi connectivity index (χ2v) is 6.45. The summed E-state index contributed by atoms with van der Waals surface area (Å²) >= 11 is 4.79. The van der Waals surface area contributed by atoms with Crippen LogP contribution in [0.4, 0.5) is 0 Å². The Morgan fingerprint density at radius 3 is 2.63 bits per heavy atom. The second-order valence-electron chi connectivity index (χ2n) is 4.87. The monoisotopic (exact) mass is 344 g/mol. The van der Waals surface area contributed by atoms with Gasteiger partial charge in [0.2, 0.25) is 0 Å². The van der Waals surface area contributed by atoms with E-state index in [4.69, 9.17) is 0 Å². The Hall–Kier alpha value is -0.790. The van der Waals surface area contributed by atoms with Gasteiger partial charge in [-0.3, -0.25) is 4.68 Å². The van der Waals surface area contributed by atoms with E-state index in [-0.39, 0.29) is 5.92 Å². The van der Waals surface area contributed by atoms with Crippen LogP contribution >= 0.6 is 27.5 Å². The van der Waals surface area contributed by atoms with Gasteiger partial charge in [0, 0.05) is 13.5 Å². The van der Waals surface area contributed by atoms with Crippen LogP contribution in [0.15, 0.2) is 4.47 Å². The maximum atomic E-state index is 10.4. The SMILES string of the molecule is Cc1nn(C)c(CC(O)c2snnc2C(C)C)c1Br. The summed E-state index contributed by atoms with van der Waals surface area (Å²) < 4.78 is 6.71. The summed E-state index contributed by atoms with van der Waals surface area (Å²) in [5.74, 6) is 0.264. The van der Waals surface area contributed by atoms with E-state index in [1.165, 1.54) is 11.5 Å². The van der Waals surface area contributed by atoms with Crippen LogP contribution in [-0.4, -0.2) is 24.5 Å². The van der Waals surface area contributed by atoms with Gasteiger partial charge in [-0.1, -0.05) is 18.3 Å². The summed E-state index contributed by atoms with van der Waals surface area (Å²) in [6, 6.07) is 0. The summed E-state index contributed by atoms with van der Waals surface area (Å²) in [4.78, 5) is 0.848. The van der Waals surface area contributed by atoms with Crippen LogP contribution in [0.5, 0.6) is 0 Å². The van der Waals surface area contributed by atoms with Crippen LogP contribution in [-0.2, 0) is 13.5 Å². The Bertz CT molecular complexity index is 578. The first kappa shape index (κ1) is 14.6. The number of halogens is 1. The van der Waals surface area contributed by atoms with Crippen LogP contribution in [0.25, 0.3) is 0 Å². The van der Waals surface area contributed by atoms with Gasteiger partial charge in [-0.25, -0.2) is 0 Å². The molecule has 7 heteroatoms. The highest BCUT2D eigenvalue weighted by Crippen LogP contribution is 2.31. The molecular weight excluding hydrogens is 328 g/mol. The minimum absolute atomic E-state index is 0.264. The zero-order chi connectivity index (χ0) is 14.2. The number of hydrogen-bond donors (Lipinski definition) is 1. The van der Waals surface area contributed by atoms with Crippen molar-refractivity contribution in [2.45, 2.75) is 39.2 Å². The van der Waals surface area contributed by atoms with E-state index in [0.717, 1.165) is 26.4 Å². The third-order valence-electron chi connectivity index (χ3n) is 3.04. The van der Waals surface area contributed by atoms with Crippen LogP contribution < -0.4 is 0 Å². The molecule has 1 N–H and O–H groups in total. The van der Waals surface area contributed by atoms with Gasteiger partial charge in [0.1, 0.15) is 0 Å². The Morgan fingerprint density at radius 1 is 1.42 bits per heavy atom. The normalized spacial score (nSPS) is 13.2. The summed E-state index contributed by atoms with van der Waals surface area (Å²) in [6.07, 6.45) is -0.0925. The highest BCUT2D eigenvalue weighted by molar-refractivity contribution is 9.10. The van der Waals surface area contributed by atoms with E-state index in [0.29, 0.717) is 6.42 Å². The molecular formula is C12H17BrN4OS. The Kier molecular flexibility index (Phi) is 4.37. The van der Waals surface area contributed by atoms with Gasteiger partial charge in [-0.15, -0.1) is 5.10 Å². The molecule has 0 saturated heterocycles. The molecule has 0 amide bonds. The zero-order valence-electron chi connectivity index (χ0n) is 11.4. The predicted molar refractivity (Wildman–Crippen MR) is 78.3 cm³/mol. The largest absolute Gasteiger partial charge is 0.387 e. The van der Waals surface area contributed by atoms with Crippen molar-refractivity contribution >= 4 is 27.5 Å². The third kappa shape index (κ3) is 2.88. The molecule has 1 unspecified atom stereocenters. The number of aryl methyl sites for hydroxylation is 2. The summed E-state index contributed by atoms with van der Waals surface area (Å²) in [7, 11) is 1.88. The Labute approximate surface area is 125 Å². The minimum atomic E-state index is -0.594. The number of nitrogens with zero attached hydrogens (tertiary/aromatic N) is 4. The lowest BCUT2D eigenvalue weighted by molar-refractivity contribution is 0.177. The van der Waals surface area contributed by atoms with Crippen LogP contribution in [0, 0.1) is 6.92 Å². The molecule has 0 aliphatic carbocycles. The third-order valence-corrected chi connectivity index (χ3v) is 4.91. The lowest BCUT2D eigenvalue weighted by Crippen LogP contribution is -2.08.